The van der Waals surface area contributed by atoms with E-state index in [0.29, 0.717) is 17.8 Å². The summed E-state index contributed by atoms with van der Waals surface area (Å²) in [7, 11) is 1.45. The van der Waals surface area contributed by atoms with Gasteiger partial charge in [-0.3, -0.25) is 14.3 Å². The van der Waals surface area contributed by atoms with Crippen molar-refractivity contribution >= 4 is 40.5 Å². The maximum Gasteiger partial charge on any atom is 0.421 e. The van der Waals surface area contributed by atoms with Crippen LogP contribution in [0.4, 0.5) is 42.0 Å². The number of carbonyl (C=O) groups excluding carboxylic acids is 2. The number of ether oxygens (including phenoxy) is 1. The van der Waals surface area contributed by atoms with Gasteiger partial charge in [0, 0.05) is 36.0 Å². The normalized spacial score (nSPS) is 11.0. The van der Waals surface area contributed by atoms with Crippen molar-refractivity contribution in [3.8, 4) is 5.88 Å². The molecule has 1 amide bonds. The van der Waals surface area contributed by atoms with E-state index in [1.165, 1.54) is 54.6 Å². The summed E-state index contributed by atoms with van der Waals surface area (Å²) in [4.78, 5) is 36.1. The maximum absolute atomic E-state index is 13.6. The van der Waals surface area contributed by atoms with Crippen LogP contribution in [-0.4, -0.2) is 43.5 Å². The van der Waals surface area contributed by atoms with Gasteiger partial charge in [-0.25, -0.2) is 9.97 Å². The van der Waals surface area contributed by atoms with Crippen molar-refractivity contribution < 1.29 is 27.5 Å². The SMILES string of the molecule is COc1ccc(Nc2ncc(C(F)(F)F)c(Nc3cccc(NC(=O)C(=O)Cn4cccn4)c3)n2)cn1. The van der Waals surface area contributed by atoms with Gasteiger partial charge in [0.15, 0.2) is 0 Å². The number of methoxy groups -OCH3 is 1. The second-order valence-corrected chi connectivity index (χ2v) is 7.45. The Morgan fingerprint density at radius 2 is 1.81 bits per heavy atom. The molecule has 1 aromatic carbocycles. The fraction of sp³-hybridized carbons (Fsp3) is 0.130. The van der Waals surface area contributed by atoms with E-state index < -0.39 is 29.2 Å². The van der Waals surface area contributed by atoms with Gasteiger partial charge in [-0.15, -0.1) is 0 Å². The van der Waals surface area contributed by atoms with Crippen molar-refractivity contribution in [3.63, 3.8) is 0 Å². The molecule has 3 N–H and O–H groups in total. The van der Waals surface area contributed by atoms with Crippen molar-refractivity contribution in [3.05, 3.63) is 72.8 Å². The van der Waals surface area contributed by atoms with E-state index >= 15 is 0 Å². The quantitative estimate of drug-likeness (QED) is 0.286. The lowest BCUT2D eigenvalue weighted by atomic mass is 10.2. The highest BCUT2D eigenvalue weighted by molar-refractivity contribution is 6.40. The number of hydrogen-bond acceptors (Lipinski definition) is 9. The number of benzene rings is 1. The average Bonchev–Trinajstić information content (AvgIpc) is 3.37. The van der Waals surface area contributed by atoms with Crippen molar-refractivity contribution in [1.29, 1.82) is 0 Å². The molecule has 3 heterocycles. The number of Topliss-reactive ketones (excluding diaryl/α,β-unsaturated/α-hetero) is 1. The Kier molecular flexibility index (Phi) is 7.27. The number of halogens is 3. The summed E-state index contributed by atoms with van der Waals surface area (Å²) in [6.07, 6.45) is 0.315. The molecule has 0 atom stereocenters. The van der Waals surface area contributed by atoms with Gasteiger partial charge >= 0.3 is 6.18 Å². The lowest BCUT2D eigenvalue weighted by molar-refractivity contribution is -0.137. The summed E-state index contributed by atoms with van der Waals surface area (Å²) in [5, 5.41) is 11.7. The number of nitrogens with zero attached hydrogens (tertiary/aromatic N) is 5. The van der Waals surface area contributed by atoms with E-state index in [4.69, 9.17) is 4.74 Å². The predicted octanol–water partition coefficient (Wildman–Crippen LogP) is 3.79. The first-order chi connectivity index (χ1) is 17.7. The molecular formula is C23H19F3N8O3. The Bertz CT molecular complexity index is 1390. The lowest BCUT2D eigenvalue weighted by Gasteiger charge is -2.15. The third-order valence-corrected chi connectivity index (χ3v) is 4.80. The van der Waals surface area contributed by atoms with E-state index in [2.05, 4.69) is 36.0 Å². The van der Waals surface area contributed by atoms with Gasteiger partial charge in [0.05, 0.1) is 19.0 Å². The molecule has 0 aliphatic rings. The summed E-state index contributed by atoms with van der Waals surface area (Å²) >= 11 is 0. The third kappa shape index (κ3) is 6.56. The van der Waals surface area contributed by atoms with Crippen LogP contribution in [-0.2, 0) is 22.3 Å². The Morgan fingerprint density at radius 1 is 1.00 bits per heavy atom. The summed E-state index contributed by atoms with van der Waals surface area (Å²) in [5.74, 6) is -1.93. The van der Waals surface area contributed by atoms with Crippen LogP contribution in [0.1, 0.15) is 5.56 Å². The van der Waals surface area contributed by atoms with Gasteiger partial charge in [0.1, 0.15) is 17.9 Å². The number of nitrogens with one attached hydrogen (secondary N) is 3. The van der Waals surface area contributed by atoms with Gasteiger partial charge in [-0.05, 0) is 30.3 Å². The van der Waals surface area contributed by atoms with E-state index in [1.807, 2.05) is 0 Å². The number of hydrogen-bond donors (Lipinski definition) is 3. The largest absolute Gasteiger partial charge is 0.481 e. The van der Waals surface area contributed by atoms with E-state index in [1.54, 1.807) is 18.2 Å². The van der Waals surface area contributed by atoms with E-state index in [0.717, 1.165) is 0 Å². The van der Waals surface area contributed by atoms with Crippen LogP contribution in [0.3, 0.4) is 0 Å². The number of rotatable bonds is 9. The fourth-order valence-electron chi connectivity index (χ4n) is 3.07. The van der Waals surface area contributed by atoms with E-state index in [-0.39, 0.29) is 23.9 Å². The topological polar surface area (TPSA) is 136 Å². The van der Waals surface area contributed by atoms with Crippen LogP contribution in [0.5, 0.6) is 5.88 Å². The maximum atomic E-state index is 13.6. The van der Waals surface area contributed by atoms with Crippen LogP contribution in [0.2, 0.25) is 0 Å². The molecule has 0 saturated carbocycles. The van der Waals surface area contributed by atoms with Gasteiger partial charge in [0.25, 0.3) is 5.91 Å². The average molecular weight is 512 g/mol. The predicted molar refractivity (Wildman–Crippen MR) is 127 cm³/mol. The molecule has 0 saturated heterocycles. The molecule has 4 rings (SSSR count). The number of pyridine rings is 1. The first-order valence-corrected chi connectivity index (χ1v) is 10.6. The molecule has 0 spiro atoms. The second kappa shape index (κ2) is 10.7. The molecule has 4 aromatic rings. The molecule has 0 bridgehead atoms. The van der Waals surface area contributed by atoms with E-state index in [9.17, 15) is 22.8 Å². The molecule has 0 fully saturated rings. The van der Waals surface area contributed by atoms with Crippen LogP contribution >= 0.6 is 0 Å². The molecule has 190 valence electrons. The molecule has 37 heavy (non-hydrogen) atoms. The Morgan fingerprint density at radius 3 is 2.49 bits per heavy atom. The smallest absolute Gasteiger partial charge is 0.421 e. The number of amides is 1. The highest BCUT2D eigenvalue weighted by Gasteiger charge is 2.35. The molecule has 3 aromatic heterocycles. The number of carbonyl (C=O) groups is 2. The second-order valence-electron chi connectivity index (χ2n) is 7.45. The minimum atomic E-state index is -4.74. The summed E-state index contributed by atoms with van der Waals surface area (Å²) < 4.78 is 47.1. The zero-order chi connectivity index (χ0) is 26.4. The fourth-order valence-corrected chi connectivity index (χ4v) is 3.07. The Balaban J connectivity index is 1.52. The van der Waals surface area contributed by atoms with Crippen LogP contribution in [0.15, 0.2) is 67.3 Å². The van der Waals surface area contributed by atoms with Gasteiger partial charge in [-0.1, -0.05) is 6.07 Å². The van der Waals surface area contributed by atoms with Crippen LogP contribution < -0.4 is 20.7 Å². The van der Waals surface area contributed by atoms with Crippen molar-refractivity contribution in [1.82, 2.24) is 24.7 Å². The third-order valence-electron chi connectivity index (χ3n) is 4.80. The van der Waals surface area contributed by atoms with Gasteiger partial charge in [0.2, 0.25) is 17.6 Å². The molecular weight excluding hydrogens is 493 g/mol. The van der Waals surface area contributed by atoms with Crippen molar-refractivity contribution in [2.75, 3.05) is 23.1 Å². The highest BCUT2D eigenvalue weighted by Crippen LogP contribution is 2.35. The van der Waals surface area contributed by atoms with Gasteiger partial charge < -0.3 is 20.7 Å². The molecule has 0 aliphatic carbocycles. The standard InChI is InChI=1S/C23H19F3N8O3/c1-37-19-7-6-16(11-27-19)32-22-28-12-17(23(24,25)26)20(33-22)30-14-4-2-5-15(10-14)31-21(36)18(35)13-34-9-3-8-29-34/h2-12H,13H2,1H3,(H,31,36)(H2,28,30,32,33). The minimum Gasteiger partial charge on any atom is -0.481 e. The summed E-state index contributed by atoms with van der Waals surface area (Å²) in [5.41, 5.74) is -0.307. The van der Waals surface area contributed by atoms with Gasteiger partial charge in [-0.2, -0.15) is 23.3 Å². The first kappa shape index (κ1) is 25.1. The number of aromatic nitrogens is 5. The van der Waals surface area contributed by atoms with Crippen LogP contribution in [0.25, 0.3) is 0 Å². The number of ketones is 1. The molecule has 11 nitrogen and oxygen atoms in total. The zero-order valence-corrected chi connectivity index (χ0v) is 19.2. The van der Waals surface area contributed by atoms with Crippen molar-refractivity contribution in [2.24, 2.45) is 0 Å². The number of anilines is 5. The zero-order valence-electron chi connectivity index (χ0n) is 19.2. The first-order valence-electron chi connectivity index (χ1n) is 10.6. The highest BCUT2D eigenvalue weighted by atomic mass is 19.4. The van der Waals surface area contributed by atoms with Crippen LogP contribution in [0, 0.1) is 0 Å². The molecule has 0 unspecified atom stereocenters. The molecule has 0 radical (unpaired) electrons. The Labute approximate surface area is 207 Å². The summed E-state index contributed by atoms with van der Waals surface area (Å²) in [6.45, 7) is -0.258. The summed E-state index contributed by atoms with van der Waals surface area (Å²) in [6, 6.07) is 10.6. The minimum absolute atomic E-state index is 0.115. The molecule has 14 heteroatoms. The lowest BCUT2D eigenvalue weighted by Crippen LogP contribution is -2.26. The Hall–Kier alpha value is -5.01. The number of alkyl halides is 3. The monoisotopic (exact) mass is 512 g/mol. The molecule has 0 aliphatic heterocycles. The van der Waals surface area contributed by atoms with Crippen molar-refractivity contribution in [2.45, 2.75) is 12.7 Å².